The SMILES string of the molecule is CCN(CC(=O)N(C)C)c1ccc(S(N)(=O)=O)cc1N. The van der Waals surface area contributed by atoms with Gasteiger partial charge < -0.3 is 15.5 Å². The van der Waals surface area contributed by atoms with Crippen LogP contribution in [0.4, 0.5) is 11.4 Å². The number of anilines is 2. The van der Waals surface area contributed by atoms with Gasteiger partial charge in [0.05, 0.1) is 22.8 Å². The molecule has 0 fully saturated rings. The number of sulfonamides is 1. The van der Waals surface area contributed by atoms with Crippen molar-refractivity contribution in [1.82, 2.24) is 4.90 Å². The van der Waals surface area contributed by atoms with Crippen LogP contribution in [-0.4, -0.2) is 46.4 Å². The smallest absolute Gasteiger partial charge is 0.241 e. The van der Waals surface area contributed by atoms with Crippen LogP contribution in [0.5, 0.6) is 0 Å². The van der Waals surface area contributed by atoms with Gasteiger partial charge in [0.15, 0.2) is 0 Å². The van der Waals surface area contributed by atoms with E-state index in [9.17, 15) is 13.2 Å². The van der Waals surface area contributed by atoms with Crippen LogP contribution in [0.3, 0.4) is 0 Å². The molecule has 4 N–H and O–H groups in total. The Hall–Kier alpha value is -1.80. The van der Waals surface area contributed by atoms with Gasteiger partial charge in [-0.25, -0.2) is 13.6 Å². The number of nitrogens with two attached hydrogens (primary N) is 2. The fourth-order valence-corrected chi connectivity index (χ4v) is 2.22. The molecule has 8 heteroatoms. The van der Waals surface area contributed by atoms with Crippen molar-refractivity contribution >= 4 is 27.3 Å². The van der Waals surface area contributed by atoms with Crippen molar-refractivity contribution in [1.29, 1.82) is 0 Å². The maximum atomic E-state index is 11.8. The lowest BCUT2D eigenvalue weighted by molar-refractivity contribution is -0.127. The first-order chi connectivity index (χ1) is 9.16. The summed E-state index contributed by atoms with van der Waals surface area (Å²) in [5.41, 5.74) is 6.73. The second-order valence-corrected chi connectivity index (χ2v) is 6.13. The minimum Gasteiger partial charge on any atom is -0.397 e. The number of carbonyl (C=O) groups is 1. The number of hydrogen-bond donors (Lipinski definition) is 2. The van der Waals surface area contributed by atoms with Crippen LogP contribution in [0.2, 0.25) is 0 Å². The van der Waals surface area contributed by atoms with Crippen molar-refractivity contribution in [3.63, 3.8) is 0 Å². The molecule has 0 radical (unpaired) electrons. The molecule has 0 saturated carbocycles. The lowest BCUT2D eigenvalue weighted by Crippen LogP contribution is -2.36. The van der Waals surface area contributed by atoms with Gasteiger partial charge in [-0.05, 0) is 25.1 Å². The number of likely N-dealkylation sites (N-methyl/N-ethyl adjacent to an activating group) is 2. The van der Waals surface area contributed by atoms with E-state index in [0.717, 1.165) is 0 Å². The van der Waals surface area contributed by atoms with Crippen molar-refractivity contribution in [2.75, 3.05) is 37.8 Å². The largest absolute Gasteiger partial charge is 0.397 e. The quantitative estimate of drug-likeness (QED) is 0.734. The molecule has 1 rings (SSSR count). The highest BCUT2D eigenvalue weighted by atomic mass is 32.2. The molecule has 0 bridgehead atoms. The number of rotatable bonds is 5. The summed E-state index contributed by atoms with van der Waals surface area (Å²) in [6.07, 6.45) is 0. The molecule has 1 amide bonds. The Bertz CT molecular complexity index is 599. The summed E-state index contributed by atoms with van der Waals surface area (Å²) in [4.78, 5) is 15.0. The highest BCUT2D eigenvalue weighted by Gasteiger charge is 2.16. The number of benzene rings is 1. The molecule has 0 unspecified atom stereocenters. The van der Waals surface area contributed by atoms with E-state index < -0.39 is 10.0 Å². The zero-order valence-electron chi connectivity index (χ0n) is 11.8. The van der Waals surface area contributed by atoms with Gasteiger partial charge in [0.25, 0.3) is 0 Å². The minimum absolute atomic E-state index is 0.0475. The van der Waals surface area contributed by atoms with Crippen LogP contribution in [0.1, 0.15) is 6.92 Å². The number of nitrogen functional groups attached to an aromatic ring is 1. The molecule has 0 aromatic heterocycles. The second-order valence-electron chi connectivity index (χ2n) is 4.57. The molecule has 0 spiro atoms. The molecule has 112 valence electrons. The number of nitrogens with zero attached hydrogens (tertiary/aromatic N) is 2. The van der Waals surface area contributed by atoms with Crippen molar-refractivity contribution in [3.05, 3.63) is 18.2 Å². The average Bonchev–Trinajstić information content (AvgIpc) is 2.34. The van der Waals surface area contributed by atoms with Gasteiger partial charge in [-0.3, -0.25) is 4.79 Å². The standard InChI is InChI=1S/C12H20N4O3S/c1-4-16(8-12(17)15(2)3)11-6-5-9(7-10(11)13)20(14,18)19/h5-7H,4,8,13H2,1-3H3,(H2,14,18,19). The van der Waals surface area contributed by atoms with Gasteiger partial charge in [-0.2, -0.15) is 0 Å². The predicted molar refractivity (Wildman–Crippen MR) is 78.8 cm³/mol. The molecule has 1 aromatic rings. The Labute approximate surface area is 119 Å². The number of carbonyl (C=O) groups excluding carboxylic acids is 1. The van der Waals surface area contributed by atoms with E-state index in [4.69, 9.17) is 10.9 Å². The topological polar surface area (TPSA) is 110 Å². The number of amides is 1. The van der Waals surface area contributed by atoms with Gasteiger partial charge in [0.1, 0.15) is 0 Å². The van der Waals surface area contributed by atoms with Gasteiger partial charge in [-0.15, -0.1) is 0 Å². The van der Waals surface area contributed by atoms with Gasteiger partial charge in [0, 0.05) is 20.6 Å². The van der Waals surface area contributed by atoms with E-state index in [1.807, 2.05) is 6.92 Å². The summed E-state index contributed by atoms with van der Waals surface area (Å²) in [7, 11) is -0.444. The summed E-state index contributed by atoms with van der Waals surface area (Å²) in [6, 6.07) is 4.23. The van der Waals surface area contributed by atoms with Crippen LogP contribution in [0.25, 0.3) is 0 Å². The van der Waals surface area contributed by atoms with E-state index in [-0.39, 0.29) is 23.0 Å². The molecular formula is C12H20N4O3S. The van der Waals surface area contributed by atoms with Crippen LogP contribution < -0.4 is 15.8 Å². The van der Waals surface area contributed by atoms with E-state index in [2.05, 4.69) is 0 Å². The highest BCUT2D eigenvalue weighted by Crippen LogP contribution is 2.25. The van der Waals surface area contributed by atoms with E-state index in [0.29, 0.717) is 12.2 Å². The zero-order chi connectivity index (χ0) is 15.5. The van der Waals surface area contributed by atoms with Crippen LogP contribution in [-0.2, 0) is 14.8 Å². The third kappa shape index (κ3) is 3.84. The molecule has 0 heterocycles. The van der Waals surface area contributed by atoms with Crippen molar-refractivity contribution in [3.8, 4) is 0 Å². The Morgan fingerprint density at radius 1 is 1.30 bits per heavy atom. The Balaban J connectivity index is 3.09. The first-order valence-electron chi connectivity index (χ1n) is 6.04. The van der Waals surface area contributed by atoms with Crippen LogP contribution in [0, 0.1) is 0 Å². The maximum absolute atomic E-state index is 11.8. The third-order valence-corrected chi connectivity index (χ3v) is 3.79. The molecule has 0 aliphatic carbocycles. The molecule has 0 aliphatic rings. The highest BCUT2D eigenvalue weighted by molar-refractivity contribution is 7.89. The molecular weight excluding hydrogens is 280 g/mol. The van der Waals surface area contributed by atoms with Crippen LogP contribution in [0.15, 0.2) is 23.1 Å². The maximum Gasteiger partial charge on any atom is 0.241 e. The lowest BCUT2D eigenvalue weighted by atomic mass is 10.2. The molecule has 1 aromatic carbocycles. The molecule has 20 heavy (non-hydrogen) atoms. The second kappa shape index (κ2) is 6.10. The normalized spacial score (nSPS) is 11.2. The third-order valence-electron chi connectivity index (χ3n) is 2.87. The van der Waals surface area contributed by atoms with Crippen LogP contribution >= 0.6 is 0 Å². The van der Waals surface area contributed by atoms with E-state index in [1.165, 1.54) is 17.0 Å². The van der Waals surface area contributed by atoms with Crippen molar-refractivity contribution in [2.24, 2.45) is 5.14 Å². The van der Waals surface area contributed by atoms with Gasteiger partial charge in [0.2, 0.25) is 15.9 Å². The summed E-state index contributed by atoms with van der Waals surface area (Å²) in [5, 5.41) is 5.05. The molecule has 0 aliphatic heterocycles. The molecule has 7 nitrogen and oxygen atoms in total. The Morgan fingerprint density at radius 2 is 1.90 bits per heavy atom. The van der Waals surface area contributed by atoms with Gasteiger partial charge >= 0.3 is 0 Å². The zero-order valence-corrected chi connectivity index (χ0v) is 12.6. The summed E-state index contributed by atoms with van der Waals surface area (Å²) in [5.74, 6) is -0.0678. The van der Waals surface area contributed by atoms with Crippen molar-refractivity contribution in [2.45, 2.75) is 11.8 Å². The summed E-state index contributed by atoms with van der Waals surface area (Å²) in [6.45, 7) is 2.62. The number of primary sulfonamides is 1. The molecule has 0 atom stereocenters. The monoisotopic (exact) mass is 300 g/mol. The Kier molecular flexibility index (Phi) is 4.96. The average molecular weight is 300 g/mol. The fourth-order valence-electron chi connectivity index (χ4n) is 1.67. The summed E-state index contributed by atoms with van der Waals surface area (Å²) < 4.78 is 22.5. The molecule has 0 saturated heterocycles. The summed E-state index contributed by atoms with van der Waals surface area (Å²) >= 11 is 0. The van der Waals surface area contributed by atoms with Gasteiger partial charge in [-0.1, -0.05) is 0 Å². The first-order valence-corrected chi connectivity index (χ1v) is 7.59. The van der Waals surface area contributed by atoms with E-state index in [1.54, 1.807) is 25.1 Å². The lowest BCUT2D eigenvalue weighted by Gasteiger charge is -2.25. The first kappa shape index (κ1) is 16.3. The minimum atomic E-state index is -3.78. The fraction of sp³-hybridized carbons (Fsp3) is 0.417. The van der Waals surface area contributed by atoms with E-state index >= 15 is 0 Å². The van der Waals surface area contributed by atoms with Crippen molar-refractivity contribution < 1.29 is 13.2 Å². The predicted octanol–water partition coefficient (Wildman–Crippen LogP) is -0.169. The number of hydrogen-bond acceptors (Lipinski definition) is 5. The Morgan fingerprint density at radius 3 is 2.30 bits per heavy atom.